The van der Waals surface area contributed by atoms with Crippen molar-refractivity contribution in [1.29, 1.82) is 0 Å². The molecule has 0 unspecified atom stereocenters. The quantitative estimate of drug-likeness (QED) is 0.750. The van der Waals surface area contributed by atoms with E-state index < -0.39 is 11.7 Å². The lowest BCUT2D eigenvalue weighted by Crippen LogP contribution is -2.23. The first-order chi connectivity index (χ1) is 12.5. The van der Waals surface area contributed by atoms with Crippen molar-refractivity contribution in [3.05, 3.63) is 48.2 Å². The number of hydrogen-bond acceptors (Lipinski definition) is 5. The lowest BCUT2D eigenvalue weighted by molar-refractivity contribution is -0.137. The van der Waals surface area contributed by atoms with Crippen molar-refractivity contribution in [3.63, 3.8) is 0 Å². The second-order valence-electron chi connectivity index (χ2n) is 6.21. The first kappa shape index (κ1) is 16.7. The van der Waals surface area contributed by atoms with E-state index in [2.05, 4.69) is 25.8 Å². The SMILES string of the molecule is FC(F)(F)c1ccc(-c2nnc(N[C@H]3CCNC3)c3ncccc23)cc1. The van der Waals surface area contributed by atoms with Crippen molar-refractivity contribution >= 4 is 16.7 Å². The molecule has 3 heterocycles. The molecule has 134 valence electrons. The maximum absolute atomic E-state index is 12.8. The molecule has 1 aliphatic rings. The number of pyridine rings is 1. The number of anilines is 1. The van der Waals surface area contributed by atoms with Crippen LogP contribution in [0, 0.1) is 0 Å². The van der Waals surface area contributed by atoms with E-state index in [-0.39, 0.29) is 6.04 Å². The highest BCUT2D eigenvalue weighted by Gasteiger charge is 2.30. The zero-order valence-corrected chi connectivity index (χ0v) is 13.7. The number of hydrogen-bond donors (Lipinski definition) is 2. The zero-order valence-electron chi connectivity index (χ0n) is 13.7. The summed E-state index contributed by atoms with van der Waals surface area (Å²) in [4.78, 5) is 4.40. The van der Waals surface area contributed by atoms with Gasteiger partial charge < -0.3 is 10.6 Å². The van der Waals surface area contributed by atoms with Crippen LogP contribution in [-0.4, -0.2) is 34.3 Å². The van der Waals surface area contributed by atoms with Crippen LogP contribution in [0.4, 0.5) is 19.0 Å². The molecule has 8 heteroatoms. The summed E-state index contributed by atoms with van der Waals surface area (Å²) >= 11 is 0. The summed E-state index contributed by atoms with van der Waals surface area (Å²) < 4.78 is 38.3. The Hall–Kier alpha value is -2.74. The summed E-state index contributed by atoms with van der Waals surface area (Å²) in [5.74, 6) is 0.588. The Bertz CT molecular complexity index is 918. The van der Waals surface area contributed by atoms with Gasteiger partial charge in [-0.2, -0.15) is 13.2 Å². The lowest BCUT2D eigenvalue weighted by atomic mass is 10.1. The molecule has 2 aromatic heterocycles. The van der Waals surface area contributed by atoms with Gasteiger partial charge in [0.05, 0.1) is 5.56 Å². The fourth-order valence-electron chi connectivity index (χ4n) is 3.09. The van der Waals surface area contributed by atoms with E-state index in [9.17, 15) is 13.2 Å². The topological polar surface area (TPSA) is 62.7 Å². The molecule has 4 rings (SSSR count). The van der Waals surface area contributed by atoms with Crippen LogP contribution in [-0.2, 0) is 6.18 Å². The largest absolute Gasteiger partial charge is 0.416 e. The fourth-order valence-corrected chi connectivity index (χ4v) is 3.09. The van der Waals surface area contributed by atoms with Crippen molar-refractivity contribution in [3.8, 4) is 11.3 Å². The molecule has 0 amide bonds. The molecule has 1 saturated heterocycles. The molecule has 3 aromatic rings. The fraction of sp³-hybridized carbons (Fsp3) is 0.278. The molecule has 0 radical (unpaired) electrons. The Morgan fingerprint density at radius 1 is 1.08 bits per heavy atom. The van der Waals surface area contributed by atoms with E-state index in [4.69, 9.17) is 0 Å². The molecule has 1 atom stereocenters. The van der Waals surface area contributed by atoms with Crippen LogP contribution in [0.5, 0.6) is 0 Å². The first-order valence-corrected chi connectivity index (χ1v) is 8.28. The number of aromatic nitrogens is 3. The number of alkyl halides is 3. The molecule has 26 heavy (non-hydrogen) atoms. The summed E-state index contributed by atoms with van der Waals surface area (Å²) in [6, 6.07) is 8.80. The van der Waals surface area contributed by atoms with Gasteiger partial charge in [-0.05, 0) is 37.2 Å². The number of rotatable bonds is 3. The summed E-state index contributed by atoms with van der Waals surface area (Å²) in [5.41, 5.74) is 1.04. The van der Waals surface area contributed by atoms with Crippen LogP contribution < -0.4 is 10.6 Å². The summed E-state index contributed by atoms with van der Waals surface area (Å²) in [6.45, 7) is 1.79. The number of nitrogens with one attached hydrogen (secondary N) is 2. The molecule has 5 nitrogen and oxygen atoms in total. The molecule has 0 spiro atoms. The van der Waals surface area contributed by atoms with Crippen LogP contribution in [0.15, 0.2) is 42.6 Å². The summed E-state index contributed by atoms with van der Waals surface area (Å²) in [7, 11) is 0. The monoisotopic (exact) mass is 359 g/mol. The van der Waals surface area contributed by atoms with Gasteiger partial charge in [0.15, 0.2) is 5.82 Å². The molecule has 1 aliphatic heterocycles. The molecule has 1 aromatic carbocycles. The third-order valence-corrected chi connectivity index (χ3v) is 4.42. The van der Waals surface area contributed by atoms with Gasteiger partial charge in [0.2, 0.25) is 0 Å². The molecular weight excluding hydrogens is 343 g/mol. The Kier molecular flexibility index (Phi) is 4.20. The van der Waals surface area contributed by atoms with Crippen LogP contribution in [0.25, 0.3) is 22.2 Å². The van der Waals surface area contributed by atoms with Crippen molar-refractivity contribution in [2.45, 2.75) is 18.6 Å². The van der Waals surface area contributed by atoms with Gasteiger partial charge in [-0.3, -0.25) is 4.98 Å². The number of nitrogens with zero attached hydrogens (tertiary/aromatic N) is 3. The number of fused-ring (bicyclic) bond motifs is 1. The third-order valence-electron chi connectivity index (χ3n) is 4.42. The van der Waals surface area contributed by atoms with Gasteiger partial charge in [-0.1, -0.05) is 12.1 Å². The second kappa shape index (κ2) is 6.53. The van der Waals surface area contributed by atoms with Crippen molar-refractivity contribution < 1.29 is 13.2 Å². The molecular formula is C18H16F3N5. The molecule has 2 N–H and O–H groups in total. The smallest absolute Gasteiger partial charge is 0.363 e. The second-order valence-corrected chi connectivity index (χ2v) is 6.21. The highest BCUT2D eigenvalue weighted by Crippen LogP contribution is 2.33. The minimum Gasteiger partial charge on any atom is -0.363 e. The normalized spacial score (nSPS) is 17.6. The third kappa shape index (κ3) is 3.20. The van der Waals surface area contributed by atoms with Gasteiger partial charge in [0, 0.05) is 29.7 Å². The maximum Gasteiger partial charge on any atom is 0.416 e. The van der Waals surface area contributed by atoms with Gasteiger partial charge >= 0.3 is 6.18 Å². The lowest BCUT2D eigenvalue weighted by Gasteiger charge is -2.14. The average Bonchev–Trinajstić information content (AvgIpc) is 3.15. The van der Waals surface area contributed by atoms with Crippen molar-refractivity contribution in [2.75, 3.05) is 18.4 Å². The molecule has 1 fully saturated rings. The molecule has 0 aliphatic carbocycles. The zero-order chi connectivity index (χ0) is 18.1. The highest BCUT2D eigenvalue weighted by atomic mass is 19.4. The minimum absolute atomic E-state index is 0.256. The summed E-state index contributed by atoms with van der Waals surface area (Å²) in [6.07, 6.45) is -1.72. The van der Waals surface area contributed by atoms with Gasteiger partial charge in [0.1, 0.15) is 11.2 Å². The predicted octanol–water partition coefficient (Wildman–Crippen LogP) is 3.48. The Labute approximate surface area is 147 Å². The standard InChI is InChI=1S/C18H16F3N5/c19-18(20,21)12-5-3-11(4-6-12)15-14-2-1-8-23-16(14)17(26-25-15)24-13-7-9-22-10-13/h1-6,8,13,22H,7,9-10H2,(H,24,26)/t13-/m0/s1. The van der Waals surface area contributed by atoms with Crippen LogP contribution in [0.1, 0.15) is 12.0 Å². The van der Waals surface area contributed by atoms with E-state index in [0.29, 0.717) is 22.6 Å². The van der Waals surface area contributed by atoms with E-state index in [1.165, 1.54) is 12.1 Å². The Balaban J connectivity index is 1.74. The Morgan fingerprint density at radius 3 is 2.58 bits per heavy atom. The van der Waals surface area contributed by atoms with E-state index in [1.807, 2.05) is 6.07 Å². The van der Waals surface area contributed by atoms with Crippen LogP contribution >= 0.6 is 0 Å². The Morgan fingerprint density at radius 2 is 1.88 bits per heavy atom. The maximum atomic E-state index is 12.8. The minimum atomic E-state index is -4.36. The van der Waals surface area contributed by atoms with E-state index in [0.717, 1.165) is 37.0 Å². The predicted molar refractivity (Wildman–Crippen MR) is 92.7 cm³/mol. The van der Waals surface area contributed by atoms with E-state index in [1.54, 1.807) is 12.3 Å². The highest BCUT2D eigenvalue weighted by molar-refractivity contribution is 5.97. The average molecular weight is 359 g/mol. The number of halogens is 3. The van der Waals surface area contributed by atoms with Gasteiger partial charge in [-0.15, -0.1) is 10.2 Å². The first-order valence-electron chi connectivity index (χ1n) is 8.28. The van der Waals surface area contributed by atoms with Crippen LogP contribution in [0.2, 0.25) is 0 Å². The molecule has 0 saturated carbocycles. The molecule has 0 bridgehead atoms. The number of benzene rings is 1. The van der Waals surface area contributed by atoms with Crippen molar-refractivity contribution in [2.24, 2.45) is 0 Å². The summed E-state index contributed by atoms with van der Waals surface area (Å²) in [5, 5.41) is 15.9. The van der Waals surface area contributed by atoms with Crippen LogP contribution in [0.3, 0.4) is 0 Å². The van der Waals surface area contributed by atoms with Gasteiger partial charge in [0.25, 0.3) is 0 Å². The van der Waals surface area contributed by atoms with Gasteiger partial charge in [-0.25, -0.2) is 0 Å². The van der Waals surface area contributed by atoms with Crippen molar-refractivity contribution in [1.82, 2.24) is 20.5 Å². The van der Waals surface area contributed by atoms with E-state index >= 15 is 0 Å².